The Hall–Kier alpha value is -1.11. The average Bonchev–Trinajstić information content (AvgIpc) is 2.21. The molecule has 0 aliphatic carbocycles. The SMILES string of the molecule is C=C(/C=C\C)CNCC(O)C#N.CC. The summed E-state index contributed by atoms with van der Waals surface area (Å²) < 4.78 is 0. The van der Waals surface area contributed by atoms with Crippen LogP contribution in [0.3, 0.4) is 0 Å². The zero-order valence-electron chi connectivity index (χ0n) is 9.25. The van der Waals surface area contributed by atoms with Gasteiger partial charge in [-0.15, -0.1) is 0 Å². The summed E-state index contributed by atoms with van der Waals surface area (Å²) >= 11 is 0. The second-order valence-electron chi connectivity index (χ2n) is 2.43. The van der Waals surface area contributed by atoms with Crippen LogP contribution in [-0.4, -0.2) is 24.3 Å². The number of rotatable bonds is 5. The van der Waals surface area contributed by atoms with Gasteiger partial charge in [-0.1, -0.05) is 32.6 Å². The van der Waals surface area contributed by atoms with Crippen LogP contribution in [0.1, 0.15) is 20.8 Å². The topological polar surface area (TPSA) is 56.0 Å². The molecular formula is C11H20N2O. The first kappa shape index (κ1) is 15.4. The molecule has 0 aromatic rings. The molecule has 0 rings (SSSR count). The van der Waals surface area contributed by atoms with Crippen molar-refractivity contribution < 1.29 is 5.11 Å². The van der Waals surface area contributed by atoms with E-state index in [1.54, 1.807) is 6.07 Å². The molecular weight excluding hydrogens is 176 g/mol. The molecule has 1 unspecified atom stereocenters. The maximum atomic E-state index is 8.83. The fourth-order valence-electron chi connectivity index (χ4n) is 0.710. The smallest absolute Gasteiger partial charge is 0.152 e. The third-order valence-electron chi connectivity index (χ3n) is 1.24. The van der Waals surface area contributed by atoms with Gasteiger partial charge in [-0.25, -0.2) is 0 Å². The molecule has 3 heteroatoms. The van der Waals surface area contributed by atoms with Crippen molar-refractivity contribution in [3.05, 3.63) is 24.3 Å². The van der Waals surface area contributed by atoms with Crippen molar-refractivity contribution in [3.63, 3.8) is 0 Å². The van der Waals surface area contributed by atoms with Gasteiger partial charge in [0.25, 0.3) is 0 Å². The lowest BCUT2D eigenvalue weighted by Gasteiger charge is -2.04. The van der Waals surface area contributed by atoms with Gasteiger partial charge in [-0.05, 0) is 12.5 Å². The Labute approximate surface area is 86.8 Å². The van der Waals surface area contributed by atoms with Gasteiger partial charge in [0.2, 0.25) is 0 Å². The van der Waals surface area contributed by atoms with E-state index in [4.69, 9.17) is 10.4 Å². The van der Waals surface area contributed by atoms with E-state index in [0.717, 1.165) is 5.57 Å². The molecule has 0 aromatic carbocycles. The minimum Gasteiger partial charge on any atom is -0.377 e. The van der Waals surface area contributed by atoms with Gasteiger partial charge < -0.3 is 10.4 Å². The van der Waals surface area contributed by atoms with E-state index in [-0.39, 0.29) is 6.54 Å². The van der Waals surface area contributed by atoms with Crippen molar-refractivity contribution in [2.24, 2.45) is 0 Å². The molecule has 0 aliphatic heterocycles. The Morgan fingerprint density at radius 1 is 1.64 bits per heavy atom. The lowest BCUT2D eigenvalue weighted by atomic mass is 10.2. The molecule has 2 N–H and O–H groups in total. The van der Waals surface area contributed by atoms with Crippen molar-refractivity contribution in [2.75, 3.05) is 13.1 Å². The summed E-state index contributed by atoms with van der Waals surface area (Å²) in [4.78, 5) is 0. The van der Waals surface area contributed by atoms with Crippen molar-refractivity contribution in [3.8, 4) is 6.07 Å². The summed E-state index contributed by atoms with van der Waals surface area (Å²) in [5.74, 6) is 0. The number of nitrogens with zero attached hydrogens (tertiary/aromatic N) is 1. The van der Waals surface area contributed by atoms with Crippen LogP contribution >= 0.6 is 0 Å². The lowest BCUT2D eigenvalue weighted by Crippen LogP contribution is -2.26. The van der Waals surface area contributed by atoms with E-state index in [0.29, 0.717) is 6.54 Å². The number of nitrogens with one attached hydrogen (secondary N) is 1. The quantitative estimate of drug-likeness (QED) is 0.519. The van der Waals surface area contributed by atoms with Crippen LogP contribution in [0.4, 0.5) is 0 Å². The maximum absolute atomic E-state index is 8.83. The second-order valence-corrected chi connectivity index (χ2v) is 2.43. The van der Waals surface area contributed by atoms with Crippen molar-refractivity contribution in [1.29, 1.82) is 5.26 Å². The minimum atomic E-state index is -0.927. The van der Waals surface area contributed by atoms with Gasteiger partial charge in [-0.3, -0.25) is 0 Å². The molecule has 80 valence electrons. The van der Waals surface area contributed by atoms with Crippen LogP contribution in [0.25, 0.3) is 0 Å². The van der Waals surface area contributed by atoms with Crippen LogP contribution in [0.5, 0.6) is 0 Å². The van der Waals surface area contributed by atoms with Gasteiger partial charge in [0, 0.05) is 13.1 Å². The first-order chi connectivity index (χ1) is 6.70. The molecule has 0 saturated carbocycles. The average molecular weight is 196 g/mol. The largest absolute Gasteiger partial charge is 0.377 e. The number of nitriles is 1. The van der Waals surface area contributed by atoms with E-state index in [2.05, 4.69) is 11.9 Å². The Morgan fingerprint density at radius 3 is 2.64 bits per heavy atom. The number of aliphatic hydroxyl groups is 1. The summed E-state index contributed by atoms with van der Waals surface area (Å²) in [7, 11) is 0. The van der Waals surface area contributed by atoms with Crippen molar-refractivity contribution in [1.82, 2.24) is 5.32 Å². The molecule has 14 heavy (non-hydrogen) atoms. The Balaban J connectivity index is 0. The second kappa shape index (κ2) is 11.9. The summed E-state index contributed by atoms with van der Waals surface area (Å²) in [5.41, 5.74) is 0.933. The highest BCUT2D eigenvalue weighted by Gasteiger charge is 1.98. The third kappa shape index (κ3) is 10.9. The summed E-state index contributed by atoms with van der Waals surface area (Å²) in [5, 5.41) is 20.0. The monoisotopic (exact) mass is 196 g/mol. The van der Waals surface area contributed by atoms with Crippen LogP contribution < -0.4 is 5.32 Å². The molecule has 1 atom stereocenters. The maximum Gasteiger partial charge on any atom is 0.152 e. The zero-order valence-corrected chi connectivity index (χ0v) is 9.25. The molecule has 0 saturated heterocycles. The van der Waals surface area contributed by atoms with E-state index in [1.165, 1.54) is 0 Å². The first-order valence-electron chi connectivity index (χ1n) is 4.79. The molecule has 3 nitrogen and oxygen atoms in total. The molecule has 0 heterocycles. The van der Waals surface area contributed by atoms with Gasteiger partial charge in [0.1, 0.15) is 0 Å². The molecule has 0 aliphatic rings. The van der Waals surface area contributed by atoms with Gasteiger partial charge in [0.05, 0.1) is 6.07 Å². The Bertz CT molecular complexity index is 204. The van der Waals surface area contributed by atoms with Gasteiger partial charge in [0.15, 0.2) is 6.10 Å². The highest BCUT2D eigenvalue weighted by molar-refractivity contribution is 5.15. The number of allylic oxidation sites excluding steroid dienone is 1. The molecule has 0 amide bonds. The predicted molar refractivity (Wildman–Crippen MR) is 59.8 cm³/mol. The highest BCUT2D eigenvalue weighted by atomic mass is 16.3. The minimum absolute atomic E-state index is 0.285. The molecule has 0 spiro atoms. The van der Waals surface area contributed by atoms with Gasteiger partial charge in [-0.2, -0.15) is 5.26 Å². The fraction of sp³-hybridized carbons (Fsp3) is 0.545. The van der Waals surface area contributed by atoms with Crippen LogP contribution in [-0.2, 0) is 0 Å². The van der Waals surface area contributed by atoms with Crippen molar-refractivity contribution >= 4 is 0 Å². The highest BCUT2D eigenvalue weighted by Crippen LogP contribution is 1.89. The fourth-order valence-corrected chi connectivity index (χ4v) is 0.710. The molecule has 0 bridgehead atoms. The number of aliphatic hydroxyl groups excluding tert-OH is 1. The molecule has 0 radical (unpaired) electrons. The van der Waals surface area contributed by atoms with Crippen LogP contribution in [0.2, 0.25) is 0 Å². The lowest BCUT2D eigenvalue weighted by molar-refractivity contribution is 0.227. The Morgan fingerprint density at radius 2 is 2.21 bits per heavy atom. The zero-order chi connectivity index (χ0) is 11.4. The number of hydrogen-bond donors (Lipinski definition) is 2. The summed E-state index contributed by atoms with van der Waals surface area (Å²) in [6, 6.07) is 1.72. The van der Waals surface area contributed by atoms with E-state index >= 15 is 0 Å². The van der Waals surface area contributed by atoms with E-state index in [9.17, 15) is 0 Å². The predicted octanol–water partition coefficient (Wildman–Crippen LogP) is 1.62. The third-order valence-corrected chi connectivity index (χ3v) is 1.24. The van der Waals surface area contributed by atoms with Gasteiger partial charge >= 0.3 is 0 Å². The number of hydrogen-bond acceptors (Lipinski definition) is 3. The molecule has 0 aromatic heterocycles. The van der Waals surface area contributed by atoms with Crippen LogP contribution in [0.15, 0.2) is 24.3 Å². The van der Waals surface area contributed by atoms with Crippen LogP contribution in [0, 0.1) is 11.3 Å². The molecule has 0 fully saturated rings. The summed E-state index contributed by atoms with van der Waals surface area (Å²) in [6.45, 7) is 10.6. The van der Waals surface area contributed by atoms with E-state index < -0.39 is 6.10 Å². The van der Waals surface area contributed by atoms with E-state index in [1.807, 2.05) is 32.9 Å². The summed E-state index contributed by atoms with van der Waals surface area (Å²) in [6.07, 6.45) is 2.85. The first-order valence-corrected chi connectivity index (χ1v) is 4.79. The Kier molecular flexibility index (Phi) is 13.1. The normalized spacial score (nSPS) is 11.4. The van der Waals surface area contributed by atoms with Crippen molar-refractivity contribution in [2.45, 2.75) is 26.9 Å². The standard InChI is InChI=1S/C9H14N2O.C2H6/c1-3-4-8(2)6-11-7-9(12)5-10;1-2/h3-4,9,11-12H,2,6-7H2,1H3;1-2H3/b4-3-;.